The maximum atomic E-state index is 12.8. The van der Waals surface area contributed by atoms with Gasteiger partial charge in [0.2, 0.25) is 0 Å². The molecule has 0 fully saturated rings. The second-order valence-corrected chi connectivity index (χ2v) is 7.73. The Morgan fingerprint density at radius 3 is 2.54 bits per heavy atom. The molecule has 2 rings (SSSR count). The number of ether oxygens (including phenoxy) is 2. The second-order valence-electron chi connectivity index (χ2n) is 7.30. The molecule has 1 unspecified atom stereocenters. The van der Waals surface area contributed by atoms with Crippen LogP contribution in [0.25, 0.3) is 0 Å². The highest BCUT2D eigenvalue weighted by molar-refractivity contribution is 6.30. The summed E-state index contributed by atoms with van der Waals surface area (Å²) in [4.78, 5) is 27.9. The Bertz CT molecular complexity index is 822. The predicted molar refractivity (Wildman–Crippen MR) is 106 cm³/mol. The molecule has 8 heteroatoms. The number of benzene rings is 1. The van der Waals surface area contributed by atoms with Gasteiger partial charge in [-0.2, -0.15) is 0 Å². The minimum Gasteiger partial charge on any atom is -0.486 e. The van der Waals surface area contributed by atoms with E-state index in [9.17, 15) is 9.59 Å². The molecule has 0 saturated heterocycles. The van der Waals surface area contributed by atoms with Crippen LogP contribution in [0.3, 0.4) is 0 Å². The fourth-order valence-corrected chi connectivity index (χ4v) is 2.48. The Labute approximate surface area is 169 Å². The van der Waals surface area contributed by atoms with Crippen molar-refractivity contribution in [1.82, 2.24) is 10.3 Å². The molecular weight excluding hydrogens is 382 g/mol. The number of nitrogens with one attached hydrogen (secondary N) is 1. The topological polar surface area (TPSA) is 104 Å². The first-order valence-corrected chi connectivity index (χ1v) is 9.10. The van der Waals surface area contributed by atoms with Crippen LogP contribution >= 0.6 is 11.6 Å². The molecule has 0 saturated carbocycles. The number of carbonyl (C=O) groups is 2. The van der Waals surface area contributed by atoms with Gasteiger partial charge in [-0.05, 0) is 11.0 Å². The minimum atomic E-state index is -0.903. The Kier molecular flexibility index (Phi) is 7.23. The first-order chi connectivity index (χ1) is 13.2. The fraction of sp³-hybridized carbons (Fsp3) is 0.350. The highest BCUT2D eigenvalue weighted by Crippen LogP contribution is 2.24. The van der Waals surface area contributed by atoms with Crippen molar-refractivity contribution in [2.75, 3.05) is 6.61 Å². The molecule has 0 aliphatic heterocycles. The summed E-state index contributed by atoms with van der Waals surface area (Å²) in [6.07, 6.45) is 0.470. The van der Waals surface area contributed by atoms with Gasteiger partial charge in [-0.25, -0.2) is 9.78 Å². The molecule has 0 aliphatic rings. The lowest BCUT2D eigenvalue weighted by molar-refractivity contribution is 0.0795. The molecule has 3 N–H and O–H groups in total. The number of aromatic nitrogens is 1. The van der Waals surface area contributed by atoms with E-state index in [0.29, 0.717) is 5.02 Å². The van der Waals surface area contributed by atoms with Crippen LogP contribution in [-0.2, 0) is 11.3 Å². The van der Waals surface area contributed by atoms with Crippen molar-refractivity contribution in [3.8, 4) is 5.75 Å². The quantitative estimate of drug-likeness (QED) is 0.733. The van der Waals surface area contributed by atoms with E-state index in [1.165, 1.54) is 6.20 Å². The van der Waals surface area contributed by atoms with Gasteiger partial charge in [-0.3, -0.25) is 4.79 Å². The normalized spacial score (nSPS) is 12.1. The standard InChI is InChI=1S/C20H24ClN3O4/c1-20(2,3)16(12-28-19(22)26)24-18(25)17-15(9-14(21)10-23-17)27-11-13-7-5-4-6-8-13/h4-10,16H,11-12H2,1-3H3,(H2,22,26)(H,24,25). The molecule has 2 amide bonds. The summed E-state index contributed by atoms with van der Waals surface area (Å²) >= 11 is 6.02. The first-order valence-electron chi connectivity index (χ1n) is 8.72. The minimum absolute atomic E-state index is 0.0572. The maximum absolute atomic E-state index is 12.8. The molecule has 0 aliphatic carbocycles. The van der Waals surface area contributed by atoms with Gasteiger partial charge in [0.1, 0.15) is 13.2 Å². The number of pyridine rings is 1. The lowest BCUT2D eigenvalue weighted by Crippen LogP contribution is -2.47. The van der Waals surface area contributed by atoms with Crippen LogP contribution in [0.1, 0.15) is 36.8 Å². The fourth-order valence-electron chi connectivity index (χ4n) is 2.34. The van der Waals surface area contributed by atoms with Gasteiger partial charge >= 0.3 is 6.09 Å². The zero-order chi connectivity index (χ0) is 20.7. The van der Waals surface area contributed by atoms with Gasteiger partial charge in [-0.15, -0.1) is 0 Å². The SMILES string of the molecule is CC(C)(C)C(COC(N)=O)NC(=O)c1ncc(Cl)cc1OCc1ccccc1. The third-order valence-corrected chi connectivity index (χ3v) is 4.22. The van der Waals surface area contributed by atoms with Crippen molar-refractivity contribution >= 4 is 23.6 Å². The summed E-state index contributed by atoms with van der Waals surface area (Å²) in [5.41, 5.74) is 5.69. The van der Waals surface area contributed by atoms with Gasteiger partial charge in [0.05, 0.1) is 11.1 Å². The van der Waals surface area contributed by atoms with Gasteiger partial charge in [0, 0.05) is 12.3 Å². The summed E-state index contributed by atoms with van der Waals surface area (Å²) in [7, 11) is 0. The van der Waals surface area contributed by atoms with Gasteiger partial charge in [0.25, 0.3) is 5.91 Å². The molecule has 150 valence electrons. The van der Waals surface area contributed by atoms with Gasteiger partial charge in [-0.1, -0.05) is 62.7 Å². The summed E-state index contributed by atoms with van der Waals surface area (Å²) in [6, 6.07) is 10.6. The van der Waals surface area contributed by atoms with E-state index in [1.807, 2.05) is 51.1 Å². The summed E-state index contributed by atoms with van der Waals surface area (Å²) in [5, 5.41) is 3.18. The number of amides is 2. The van der Waals surface area contributed by atoms with Gasteiger partial charge in [0.15, 0.2) is 11.4 Å². The third kappa shape index (κ3) is 6.42. The van der Waals surface area contributed by atoms with E-state index in [1.54, 1.807) is 6.07 Å². The lowest BCUT2D eigenvalue weighted by Gasteiger charge is -2.30. The van der Waals surface area contributed by atoms with E-state index in [4.69, 9.17) is 26.8 Å². The Morgan fingerprint density at radius 2 is 1.93 bits per heavy atom. The van der Waals surface area contributed by atoms with Crippen LogP contribution in [0.15, 0.2) is 42.6 Å². The van der Waals surface area contributed by atoms with E-state index >= 15 is 0 Å². The molecule has 1 aromatic heterocycles. The van der Waals surface area contributed by atoms with Gasteiger partial charge < -0.3 is 20.5 Å². The predicted octanol–water partition coefficient (Wildman–Crippen LogP) is 3.55. The largest absolute Gasteiger partial charge is 0.486 e. The van der Waals surface area contributed by atoms with Crippen molar-refractivity contribution in [3.63, 3.8) is 0 Å². The van der Waals surface area contributed by atoms with Crippen molar-refractivity contribution in [2.24, 2.45) is 11.1 Å². The third-order valence-electron chi connectivity index (χ3n) is 4.01. The van der Waals surface area contributed by atoms with E-state index in [2.05, 4.69) is 10.3 Å². The molecule has 1 heterocycles. The number of carbonyl (C=O) groups excluding carboxylic acids is 2. The molecule has 0 radical (unpaired) electrons. The van der Waals surface area contributed by atoms with E-state index in [-0.39, 0.29) is 30.1 Å². The number of nitrogens with zero attached hydrogens (tertiary/aromatic N) is 1. The van der Waals surface area contributed by atoms with Crippen LogP contribution in [-0.4, -0.2) is 29.6 Å². The molecule has 1 aromatic carbocycles. The van der Waals surface area contributed by atoms with Crippen LogP contribution in [0, 0.1) is 5.41 Å². The van der Waals surface area contributed by atoms with Crippen LogP contribution in [0.5, 0.6) is 5.75 Å². The Hall–Kier alpha value is -2.80. The number of primary amides is 1. The highest BCUT2D eigenvalue weighted by Gasteiger charge is 2.29. The molecule has 0 spiro atoms. The summed E-state index contributed by atoms with van der Waals surface area (Å²) in [6.45, 7) is 5.92. The molecule has 7 nitrogen and oxygen atoms in total. The molecule has 0 bridgehead atoms. The molecule has 1 atom stereocenters. The first kappa shape index (κ1) is 21.5. The summed E-state index contributed by atoms with van der Waals surface area (Å²) in [5.74, 6) is -0.204. The van der Waals surface area contributed by atoms with Crippen LogP contribution < -0.4 is 15.8 Å². The van der Waals surface area contributed by atoms with Crippen LogP contribution in [0.2, 0.25) is 5.02 Å². The zero-order valence-corrected chi connectivity index (χ0v) is 16.8. The van der Waals surface area contributed by atoms with E-state index < -0.39 is 18.0 Å². The number of hydrogen-bond donors (Lipinski definition) is 2. The number of rotatable bonds is 7. The molecule has 28 heavy (non-hydrogen) atoms. The molecular formula is C20H24ClN3O4. The second kappa shape index (κ2) is 9.41. The molecule has 2 aromatic rings. The number of hydrogen-bond acceptors (Lipinski definition) is 5. The van der Waals surface area contributed by atoms with Crippen molar-refractivity contribution in [1.29, 1.82) is 0 Å². The smallest absolute Gasteiger partial charge is 0.404 e. The lowest BCUT2D eigenvalue weighted by atomic mass is 9.87. The highest BCUT2D eigenvalue weighted by atomic mass is 35.5. The Morgan fingerprint density at radius 1 is 1.25 bits per heavy atom. The average Bonchev–Trinajstić information content (AvgIpc) is 2.63. The van der Waals surface area contributed by atoms with E-state index in [0.717, 1.165) is 5.56 Å². The van der Waals surface area contributed by atoms with Crippen molar-refractivity contribution in [2.45, 2.75) is 33.4 Å². The Balaban J connectivity index is 2.17. The number of nitrogens with two attached hydrogens (primary N) is 1. The average molecular weight is 406 g/mol. The summed E-state index contributed by atoms with van der Waals surface area (Å²) < 4.78 is 10.7. The maximum Gasteiger partial charge on any atom is 0.404 e. The number of halogens is 1. The van der Waals surface area contributed by atoms with Crippen LogP contribution in [0.4, 0.5) is 4.79 Å². The van der Waals surface area contributed by atoms with Crippen molar-refractivity contribution < 1.29 is 19.1 Å². The zero-order valence-electron chi connectivity index (χ0n) is 16.1. The van der Waals surface area contributed by atoms with Crippen molar-refractivity contribution in [3.05, 3.63) is 58.9 Å². The monoisotopic (exact) mass is 405 g/mol.